The molecular formula is C11H20N2O2. The van der Waals surface area contributed by atoms with Crippen molar-refractivity contribution in [1.82, 2.24) is 4.90 Å². The molecule has 1 aliphatic heterocycles. The molecule has 0 bridgehead atoms. The van der Waals surface area contributed by atoms with Crippen LogP contribution >= 0.6 is 0 Å². The summed E-state index contributed by atoms with van der Waals surface area (Å²) < 4.78 is 0. The van der Waals surface area contributed by atoms with E-state index in [1.54, 1.807) is 6.92 Å². The van der Waals surface area contributed by atoms with Gasteiger partial charge in [-0.25, -0.2) is 0 Å². The van der Waals surface area contributed by atoms with Crippen molar-refractivity contribution in [2.75, 3.05) is 19.7 Å². The highest BCUT2D eigenvalue weighted by Gasteiger charge is 2.51. The lowest BCUT2D eigenvalue weighted by Gasteiger charge is -2.42. The number of likely N-dealkylation sites (tertiary alicyclic amines) is 1. The first kappa shape index (κ1) is 10.9. The summed E-state index contributed by atoms with van der Waals surface area (Å²) in [7, 11) is 0. The van der Waals surface area contributed by atoms with E-state index in [0.717, 1.165) is 19.4 Å². The number of aliphatic hydroxyl groups is 1. The Morgan fingerprint density at radius 3 is 2.67 bits per heavy atom. The maximum absolute atomic E-state index is 11.8. The molecular weight excluding hydrogens is 192 g/mol. The second-order valence-electron chi connectivity index (χ2n) is 5.10. The van der Waals surface area contributed by atoms with Crippen molar-refractivity contribution in [3.05, 3.63) is 0 Å². The van der Waals surface area contributed by atoms with Gasteiger partial charge in [-0.15, -0.1) is 0 Å². The minimum Gasteiger partial charge on any atom is -0.396 e. The molecule has 1 spiro atoms. The maximum Gasteiger partial charge on any atom is 0.239 e. The Labute approximate surface area is 90.4 Å². The summed E-state index contributed by atoms with van der Waals surface area (Å²) in [5.41, 5.74) is 5.82. The Morgan fingerprint density at radius 1 is 1.67 bits per heavy atom. The number of hydrogen-bond acceptors (Lipinski definition) is 3. The zero-order valence-electron chi connectivity index (χ0n) is 9.28. The van der Waals surface area contributed by atoms with E-state index in [1.165, 1.54) is 6.42 Å². The van der Waals surface area contributed by atoms with Crippen LogP contribution in [0.4, 0.5) is 0 Å². The fourth-order valence-corrected chi connectivity index (χ4v) is 2.94. The van der Waals surface area contributed by atoms with Gasteiger partial charge in [-0.1, -0.05) is 6.42 Å². The topological polar surface area (TPSA) is 66.6 Å². The van der Waals surface area contributed by atoms with Gasteiger partial charge in [0.2, 0.25) is 5.91 Å². The van der Waals surface area contributed by atoms with E-state index < -0.39 is 6.04 Å². The van der Waals surface area contributed by atoms with Crippen LogP contribution in [0.15, 0.2) is 0 Å². The molecule has 86 valence electrons. The first-order valence-corrected chi connectivity index (χ1v) is 5.74. The molecule has 2 rings (SSSR count). The van der Waals surface area contributed by atoms with Crippen LogP contribution in [-0.2, 0) is 4.79 Å². The van der Waals surface area contributed by atoms with Gasteiger partial charge >= 0.3 is 0 Å². The molecule has 4 heteroatoms. The number of aliphatic hydroxyl groups excluding tert-OH is 1. The average molecular weight is 212 g/mol. The molecule has 0 aromatic rings. The van der Waals surface area contributed by atoms with Crippen molar-refractivity contribution in [3.8, 4) is 0 Å². The van der Waals surface area contributed by atoms with Crippen LogP contribution in [0.2, 0.25) is 0 Å². The van der Waals surface area contributed by atoms with Crippen molar-refractivity contribution in [2.24, 2.45) is 17.1 Å². The molecule has 1 saturated heterocycles. The summed E-state index contributed by atoms with van der Waals surface area (Å²) in [6, 6.07) is -0.417. The first-order chi connectivity index (χ1) is 7.09. The van der Waals surface area contributed by atoms with Gasteiger partial charge in [-0.05, 0) is 25.2 Å². The van der Waals surface area contributed by atoms with Crippen LogP contribution in [0.25, 0.3) is 0 Å². The molecule has 0 radical (unpaired) electrons. The Bertz CT molecular complexity index is 261. The molecule has 2 atom stereocenters. The lowest BCUT2D eigenvalue weighted by atomic mass is 9.63. The Kier molecular flexibility index (Phi) is 2.73. The summed E-state index contributed by atoms with van der Waals surface area (Å²) in [5, 5.41) is 9.34. The fourth-order valence-electron chi connectivity index (χ4n) is 2.94. The number of hydrogen-bond donors (Lipinski definition) is 2. The molecule has 4 nitrogen and oxygen atoms in total. The summed E-state index contributed by atoms with van der Waals surface area (Å²) in [5.74, 6) is 0.297. The van der Waals surface area contributed by atoms with Crippen LogP contribution in [0, 0.1) is 11.3 Å². The van der Waals surface area contributed by atoms with Gasteiger partial charge in [-0.2, -0.15) is 0 Å². The number of nitrogens with two attached hydrogens (primary N) is 1. The van der Waals surface area contributed by atoms with Crippen LogP contribution in [0.3, 0.4) is 0 Å². The predicted octanol–water partition coefficient (Wildman–Crippen LogP) is -0.0454. The number of rotatable bonds is 2. The normalized spacial score (nSPS) is 30.3. The molecule has 2 fully saturated rings. The molecule has 0 aromatic carbocycles. The second-order valence-corrected chi connectivity index (χ2v) is 5.10. The molecule has 1 amide bonds. The third-order valence-corrected chi connectivity index (χ3v) is 4.08. The van der Waals surface area contributed by atoms with Crippen LogP contribution in [-0.4, -0.2) is 41.7 Å². The minimum atomic E-state index is -0.417. The Balaban J connectivity index is 2.05. The quantitative estimate of drug-likeness (QED) is 0.674. The molecule has 1 saturated carbocycles. The Hall–Kier alpha value is -0.610. The molecule has 0 unspecified atom stereocenters. The van der Waals surface area contributed by atoms with Crippen molar-refractivity contribution < 1.29 is 9.90 Å². The van der Waals surface area contributed by atoms with Gasteiger partial charge in [0.1, 0.15) is 0 Å². The fraction of sp³-hybridized carbons (Fsp3) is 0.909. The van der Waals surface area contributed by atoms with Crippen LogP contribution in [0.5, 0.6) is 0 Å². The van der Waals surface area contributed by atoms with Crippen molar-refractivity contribution in [1.29, 1.82) is 0 Å². The molecule has 2 aliphatic rings. The Morgan fingerprint density at radius 2 is 2.33 bits per heavy atom. The minimum absolute atomic E-state index is 0.0252. The van der Waals surface area contributed by atoms with E-state index in [9.17, 15) is 9.90 Å². The summed E-state index contributed by atoms with van der Waals surface area (Å²) in [6.07, 6.45) is 3.54. The van der Waals surface area contributed by atoms with Gasteiger partial charge in [0.25, 0.3) is 0 Å². The number of nitrogens with zero attached hydrogens (tertiary/aromatic N) is 1. The highest BCUT2D eigenvalue weighted by molar-refractivity contribution is 5.81. The van der Waals surface area contributed by atoms with Crippen molar-refractivity contribution in [2.45, 2.75) is 32.2 Å². The molecule has 1 heterocycles. The maximum atomic E-state index is 11.8. The SMILES string of the molecule is C[C@H](N)C(=O)N1C[C@@H](CO)C2(CCC2)C1. The first-order valence-electron chi connectivity index (χ1n) is 5.74. The van der Waals surface area contributed by atoms with Gasteiger partial charge in [0, 0.05) is 25.6 Å². The highest BCUT2D eigenvalue weighted by atomic mass is 16.3. The molecule has 1 aliphatic carbocycles. The molecule has 0 aromatic heterocycles. The van der Waals surface area contributed by atoms with E-state index in [0.29, 0.717) is 6.54 Å². The lowest BCUT2D eigenvalue weighted by molar-refractivity contribution is -0.131. The van der Waals surface area contributed by atoms with Crippen LogP contribution < -0.4 is 5.73 Å². The van der Waals surface area contributed by atoms with Crippen molar-refractivity contribution in [3.63, 3.8) is 0 Å². The van der Waals surface area contributed by atoms with E-state index in [4.69, 9.17) is 5.73 Å². The van der Waals surface area contributed by atoms with Gasteiger partial charge < -0.3 is 15.7 Å². The number of amides is 1. The smallest absolute Gasteiger partial charge is 0.239 e. The summed E-state index contributed by atoms with van der Waals surface area (Å²) in [6.45, 7) is 3.42. The zero-order chi connectivity index (χ0) is 11.1. The van der Waals surface area contributed by atoms with Gasteiger partial charge in [0.15, 0.2) is 0 Å². The second kappa shape index (κ2) is 3.76. The molecule has 15 heavy (non-hydrogen) atoms. The number of carbonyl (C=O) groups excluding carboxylic acids is 1. The zero-order valence-corrected chi connectivity index (χ0v) is 9.28. The third kappa shape index (κ3) is 1.66. The standard InChI is InChI=1S/C11H20N2O2/c1-8(12)10(15)13-5-9(6-14)11(7-13)3-2-4-11/h8-9,14H,2-7,12H2,1H3/t8-,9-/m0/s1. The van der Waals surface area contributed by atoms with E-state index in [-0.39, 0.29) is 23.8 Å². The molecule has 3 N–H and O–H groups in total. The largest absolute Gasteiger partial charge is 0.396 e. The van der Waals surface area contributed by atoms with Gasteiger partial charge in [-0.3, -0.25) is 4.79 Å². The van der Waals surface area contributed by atoms with E-state index in [1.807, 2.05) is 4.90 Å². The lowest BCUT2D eigenvalue weighted by Crippen LogP contribution is -2.43. The third-order valence-electron chi connectivity index (χ3n) is 4.08. The van der Waals surface area contributed by atoms with Crippen molar-refractivity contribution >= 4 is 5.91 Å². The average Bonchev–Trinajstić information content (AvgIpc) is 2.55. The monoisotopic (exact) mass is 212 g/mol. The highest BCUT2D eigenvalue weighted by Crippen LogP contribution is 2.51. The van der Waals surface area contributed by atoms with Crippen LogP contribution in [0.1, 0.15) is 26.2 Å². The van der Waals surface area contributed by atoms with Gasteiger partial charge in [0.05, 0.1) is 6.04 Å². The van der Waals surface area contributed by atoms with E-state index in [2.05, 4.69) is 0 Å². The van der Waals surface area contributed by atoms with E-state index >= 15 is 0 Å². The summed E-state index contributed by atoms with van der Waals surface area (Å²) in [4.78, 5) is 13.6. The summed E-state index contributed by atoms with van der Waals surface area (Å²) >= 11 is 0. The number of carbonyl (C=O) groups is 1. The predicted molar refractivity (Wildman–Crippen MR) is 57.1 cm³/mol.